The van der Waals surface area contributed by atoms with Gasteiger partial charge in [-0.15, -0.1) is 11.6 Å². The lowest BCUT2D eigenvalue weighted by Gasteiger charge is -2.50. The molecule has 0 radical (unpaired) electrons. The highest BCUT2D eigenvalue weighted by Crippen LogP contribution is 2.37. The largest absolute Gasteiger partial charge is 0.403 e. The number of ether oxygens (including phenoxy) is 2. The van der Waals surface area contributed by atoms with Gasteiger partial charge in [0.25, 0.3) is 0 Å². The fraction of sp³-hybridized carbons (Fsp3) is 0.935. The number of alkyl halides is 4. The van der Waals surface area contributed by atoms with Crippen LogP contribution in [-0.2, 0) is 14.3 Å². The van der Waals surface area contributed by atoms with E-state index in [4.69, 9.17) is 21.1 Å². The number of hydrogen-bond acceptors (Lipinski definition) is 8. The van der Waals surface area contributed by atoms with Crippen molar-refractivity contribution in [1.82, 2.24) is 26.2 Å². The molecule has 4 aliphatic rings. The Kier molecular flexibility index (Phi) is 13.4. The summed E-state index contributed by atoms with van der Waals surface area (Å²) in [5.74, 6) is -0.0531. The lowest BCUT2D eigenvalue weighted by Crippen LogP contribution is -2.66. The minimum atomic E-state index is -4.24. The number of nitrogens with zero attached hydrogens (tertiary/aromatic N) is 2. The predicted octanol–water partition coefficient (Wildman–Crippen LogP) is 3.32. The number of piperidine rings is 2. The van der Waals surface area contributed by atoms with E-state index in [1.54, 1.807) is 0 Å². The van der Waals surface area contributed by atoms with E-state index in [0.29, 0.717) is 51.7 Å². The van der Waals surface area contributed by atoms with Crippen LogP contribution >= 0.6 is 11.6 Å². The number of carbonyl (C=O) groups is 1. The number of carbonyl (C=O) groups excluding carboxylic acids is 1. The van der Waals surface area contributed by atoms with Crippen LogP contribution in [0.1, 0.15) is 71.1 Å². The van der Waals surface area contributed by atoms with Crippen LogP contribution in [0.15, 0.2) is 0 Å². The molecule has 0 bridgehead atoms. The van der Waals surface area contributed by atoms with Gasteiger partial charge in [0.15, 0.2) is 0 Å². The minimum absolute atomic E-state index is 0.0331. The topological polar surface area (TPSA) is 111 Å². The molecule has 2 heterocycles. The molecule has 0 spiro atoms. The third-order valence-electron chi connectivity index (χ3n) is 9.90. The summed E-state index contributed by atoms with van der Waals surface area (Å²) >= 11 is 6.81. The SMILES string of the molecule is CCOC1CC2NCC(C#N)C(NC3CCC(OCC4CCCC(C(F)(F)F)N4)C(Cl)C3)C2CC1NC(=O)CCCN(C)C. The molecule has 11 atom stereocenters. The molecule has 0 aromatic rings. The summed E-state index contributed by atoms with van der Waals surface area (Å²) < 4.78 is 51.7. The van der Waals surface area contributed by atoms with Crippen molar-refractivity contribution in [2.75, 3.05) is 40.4 Å². The molecule has 0 aromatic heterocycles. The highest BCUT2D eigenvalue weighted by Gasteiger charge is 2.48. The third-order valence-corrected chi connectivity index (χ3v) is 10.4. The first kappa shape index (κ1) is 35.7. The van der Waals surface area contributed by atoms with E-state index < -0.39 is 12.2 Å². The van der Waals surface area contributed by atoms with Crippen LogP contribution in [-0.4, -0.2) is 111 Å². The van der Waals surface area contributed by atoms with E-state index in [-0.39, 0.29) is 78.6 Å². The maximum Gasteiger partial charge on any atom is 0.403 e. The maximum absolute atomic E-state index is 13.2. The third kappa shape index (κ3) is 9.90. The molecule has 0 aromatic carbocycles. The molecule has 1 amide bonds. The molecule has 4 N–H and O–H groups in total. The van der Waals surface area contributed by atoms with Crippen LogP contribution in [0.3, 0.4) is 0 Å². The second-order valence-corrected chi connectivity index (χ2v) is 14.0. The Bertz CT molecular complexity index is 956. The van der Waals surface area contributed by atoms with Crippen molar-refractivity contribution >= 4 is 17.5 Å². The molecule has 2 saturated heterocycles. The minimum Gasteiger partial charge on any atom is -0.376 e. The van der Waals surface area contributed by atoms with Gasteiger partial charge in [0.05, 0.1) is 42.2 Å². The Morgan fingerprint density at radius 2 is 1.91 bits per heavy atom. The number of rotatable bonds is 12. The van der Waals surface area contributed by atoms with Gasteiger partial charge in [-0.05, 0) is 91.3 Å². The second kappa shape index (κ2) is 16.6. The van der Waals surface area contributed by atoms with Gasteiger partial charge < -0.3 is 35.6 Å². The smallest absolute Gasteiger partial charge is 0.376 e. The van der Waals surface area contributed by atoms with Gasteiger partial charge in [-0.3, -0.25) is 4.79 Å². The summed E-state index contributed by atoms with van der Waals surface area (Å²) in [5.41, 5.74) is 0. The van der Waals surface area contributed by atoms with Crippen molar-refractivity contribution in [2.45, 2.75) is 131 Å². The first-order valence-corrected chi connectivity index (χ1v) is 16.9. The molecular weight excluding hydrogens is 597 g/mol. The van der Waals surface area contributed by atoms with Crippen molar-refractivity contribution in [3.63, 3.8) is 0 Å². The van der Waals surface area contributed by atoms with E-state index >= 15 is 0 Å². The van der Waals surface area contributed by atoms with Gasteiger partial charge in [0, 0.05) is 43.7 Å². The highest BCUT2D eigenvalue weighted by molar-refractivity contribution is 6.21. The van der Waals surface area contributed by atoms with E-state index in [2.05, 4.69) is 32.2 Å². The Labute approximate surface area is 265 Å². The van der Waals surface area contributed by atoms with Crippen molar-refractivity contribution in [3.05, 3.63) is 0 Å². The number of nitriles is 1. The molecule has 4 rings (SSSR count). The Balaban J connectivity index is 1.32. The summed E-state index contributed by atoms with van der Waals surface area (Å²) in [6, 6.07) is 0.796. The lowest BCUT2D eigenvalue weighted by molar-refractivity contribution is -0.165. The normalized spacial score (nSPS) is 38.1. The molecule has 2 aliphatic heterocycles. The lowest BCUT2D eigenvalue weighted by atomic mass is 9.69. The molecule has 9 nitrogen and oxygen atoms in total. The van der Waals surface area contributed by atoms with Crippen LogP contribution < -0.4 is 21.3 Å². The summed E-state index contributed by atoms with van der Waals surface area (Å²) in [6.07, 6.45) is 1.64. The summed E-state index contributed by atoms with van der Waals surface area (Å²) in [4.78, 5) is 14.9. The van der Waals surface area contributed by atoms with Gasteiger partial charge in [0.2, 0.25) is 5.91 Å². The molecule has 2 aliphatic carbocycles. The van der Waals surface area contributed by atoms with Gasteiger partial charge in [-0.1, -0.05) is 0 Å². The molecule has 11 unspecified atom stereocenters. The van der Waals surface area contributed by atoms with Gasteiger partial charge >= 0.3 is 6.18 Å². The van der Waals surface area contributed by atoms with Gasteiger partial charge in [-0.2, -0.15) is 18.4 Å². The fourth-order valence-corrected chi connectivity index (χ4v) is 8.05. The van der Waals surface area contributed by atoms with E-state index in [0.717, 1.165) is 25.8 Å². The molecule has 2 saturated carbocycles. The molecule has 4 fully saturated rings. The van der Waals surface area contributed by atoms with Crippen molar-refractivity contribution in [3.8, 4) is 6.07 Å². The zero-order valence-corrected chi connectivity index (χ0v) is 27.1. The van der Waals surface area contributed by atoms with Crippen LogP contribution in [0.2, 0.25) is 0 Å². The first-order valence-electron chi connectivity index (χ1n) is 16.5. The van der Waals surface area contributed by atoms with Crippen LogP contribution in [0.4, 0.5) is 13.2 Å². The van der Waals surface area contributed by atoms with E-state index in [1.807, 2.05) is 21.0 Å². The van der Waals surface area contributed by atoms with Crippen LogP contribution in [0.25, 0.3) is 0 Å². The average molecular weight is 649 g/mol. The fourth-order valence-electron chi connectivity index (χ4n) is 7.63. The van der Waals surface area contributed by atoms with E-state index in [9.17, 15) is 23.2 Å². The number of amides is 1. The molecular formula is C31H52ClF3N6O3. The Morgan fingerprint density at radius 3 is 2.59 bits per heavy atom. The first-order chi connectivity index (χ1) is 21.0. The van der Waals surface area contributed by atoms with Crippen molar-refractivity contribution in [2.24, 2.45) is 11.8 Å². The quantitative estimate of drug-likeness (QED) is 0.239. The van der Waals surface area contributed by atoms with Crippen molar-refractivity contribution in [1.29, 1.82) is 5.26 Å². The Morgan fingerprint density at radius 1 is 1.11 bits per heavy atom. The van der Waals surface area contributed by atoms with Crippen LogP contribution in [0.5, 0.6) is 0 Å². The average Bonchev–Trinajstić information content (AvgIpc) is 2.97. The highest BCUT2D eigenvalue weighted by atomic mass is 35.5. The van der Waals surface area contributed by atoms with Crippen molar-refractivity contribution < 1.29 is 27.4 Å². The summed E-state index contributed by atoms with van der Waals surface area (Å²) in [7, 11) is 3.99. The second-order valence-electron chi connectivity index (χ2n) is 13.4. The molecule has 44 heavy (non-hydrogen) atoms. The van der Waals surface area contributed by atoms with Crippen LogP contribution in [0, 0.1) is 23.2 Å². The monoisotopic (exact) mass is 648 g/mol. The van der Waals surface area contributed by atoms with E-state index in [1.165, 1.54) is 0 Å². The zero-order chi connectivity index (χ0) is 31.9. The summed E-state index contributed by atoms with van der Waals surface area (Å²) in [5, 5.41) is 23.2. The standard InChI is InChI=1S/C31H52ClF3N6O3/c1-4-43-27-15-24-22(14-25(27)40-29(42)9-6-12-41(2)3)30(19(16-36)17-37-24)39-20-10-11-26(23(32)13-20)44-18-21-7-5-8-28(38-21)31(33,34)35/h19-28,30,37-39H,4-15,17-18H2,1-3H3,(H,40,42). The summed E-state index contributed by atoms with van der Waals surface area (Å²) in [6.45, 7) is 4.20. The maximum atomic E-state index is 13.2. The number of nitrogens with one attached hydrogen (secondary N) is 4. The van der Waals surface area contributed by atoms with Gasteiger partial charge in [-0.25, -0.2) is 0 Å². The molecule has 13 heteroatoms. The van der Waals surface area contributed by atoms with Gasteiger partial charge in [0.1, 0.15) is 6.04 Å². The predicted molar refractivity (Wildman–Crippen MR) is 163 cm³/mol. The zero-order valence-electron chi connectivity index (χ0n) is 26.4. The number of fused-ring (bicyclic) bond motifs is 1. The Hall–Kier alpha value is -1.20. The number of hydrogen-bond donors (Lipinski definition) is 4. The number of halogens is 4. The molecule has 252 valence electrons.